The van der Waals surface area contributed by atoms with Gasteiger partial charge in [-0.25, -0.2) is 17.6 Å². The second-order valence-corrected chi connectivity index (χ2v) is 7.97. The fourth-order valence-electron chi connectivity index (χ4n) is 3.12. The van der Waals surface area contributed by atoms with E-state index in [1.165, 1.54) is 34.6 Å². The Morgan fingerprint density at radius 3 is 2.44 bits per heavy atom. The van der Waals surface area contributed by atoms with E-state index < -0.39 is 21.8 Å². The van der Waals surface area contributed by atoms with Crippen molar-refractivity contribution in [3.05, 3.63) is 65.5 Å². The average Bonchev–Trinajstić information content (AvgIpc) is 2.62. The van der Waals surface area contributed by atoms with Gasteiger partial charge in [-0.15, -0.1) is 0 Å². The zero-order valence-corrected chi connectivity index (χ0v) is 14.2. The number of rotatable bonds is 4. The Bertz CT molecular complexity index is 880. The smallest absolute Gasteiger partial charge is 0.335 e. The Balaban J connectivity index is 1.83. The van der Waals surface area contributed by atoms with Gasteiger partial charge < -0.3 is 5.11 Å². The minimum atomic E-state index is -3.89. The van der Waals surface area contributed by atoms with Gasteiger partial charge in [-0.2, -0.15) is 4.31 Å². The van der Waals surface area contributed by atoms with E-state index in [-0.39, 0.29) is 22.9 Å². The van der Waals surface area contributed by atoms with Crippen molar-refractivity contribution >= 4 is 16.0 Å². The van der Waals surface area contributed by atoms with Crippen molar-refractivity contribution in [3.63, 3.8) is 0 Å². The van der Waals surface area contributed by atoms with Crippen LogP contribution in [0.25, 0.3) is 0 Å². The molecule has 25 heavy (non-hydrogen) atoms. The maximum atomic E-state index is 13.9. The van der Waals surface area contributed by atoms with Crippen LogP contribution in [-0.4, -0.2) is 36.9 Å². The number of carboxylic acids is 1. The first-order chi connectivity index (χ1) is 11.9. The lowest BCUT2D eigenvalue weighted by atomic mass is 9.91. The molecule has 132 valence electrons. The van der Waals surface area contributed by atoms with E-state index in [2.05, 4.69) is 0 Å². The Hall–Kier alpha value is -2.25. The fraction of sp³-hybridized carbons (Fsp3) is 0.278. The largest absolute Gasteiger partial charge is 0.478 e. The number of carbonyl (C=O) groups is 1. The molecule has 0 aromatic heterocycles. The molecule has 1 unspecified atom stereocenters. The standard InChI is InChI=1S/C18H18FNO4S/c19-16-5-1-2-6-17(16)25(23,24)20-11-3-4-15(12-20)13-7-9-14(10-8-13)18(21)22/h1-2,5-10,15H,3-4,11-12H2,(H,21,22). The molecule has 1 atom stereocenters. The summed E-state index contributed by atoms with van der Waals surface area (Å²) in [6, 6.07) is 11.8. The minimum absolute atomic E-state index is 0.0434. The molecule has 1 fully saturated rings. The van der Waals surface area contributed by atoms with Gasteiger partial charge in [0.1, 0.15) is 10.7 Å². The second-order valence-electron chi connectivity index (χ2n) is 6.06. The van der Waals surface area contributed by atoms with Crippen LogP contribution < -0.4 is 0 Å². The molecule has 5 nitrogen and oxygen atoms in total. The van der Waals surface area contributed by atoms with E-state index in [4.69, 9.17) is 5.11 Å². The van der Waals surface area contributed by atoms with Crippen LogP contribution in [-0.2, 0) is 10.0 Å². The lowest BCUT2D eigenvalue weighted by Gasteiger charge is -2.32. The monoisotopic (exact) mass is 363 g/mol. The topological polar surface area (TPSA) is 74.7 Å². The predicted octanol–water partition coefficient (Wildman–Crippen LogP) is 3.09. The van der Waals surface area contributed by atoms with Gasteiger partial charge in [0.15, 0.2) is 0 Å². The number of halogens is 1. The van der Waals surface area contributed by atoms with Crippen LogP contribution in [0.2, 0.25) is 0 Å². The van der Waals surface area contributed by atoms with E-state index in [0.717, 1.165) is 18.1 Å². The first-order valence-corrected chi connectivity index (χ1v) is 9.41. The molecule has 0 radical (unpaired) electrons. The van der Waals surface area contributed by atoms with Crippen LogP contribution in [0.4, 0.5) is 4.39 Å². The van der Waals surface area contributed by atoms with Gasteiger partial charge in [-0.05, 0) is 48.6 Å². The highest BCUT2D eigenvalue weighted by atomic mass is 32.2. The van der Waals surface area contributed by atoms with Crippen molar-refractivity contribution < 1.29 is 22.7 Å². The molecule has 1 saturated heterocycles. The number of sulfonamides is 1. The van der Waals surface area contributed by atoms with E-state index in [1.54, 1.807) is 12.1 Å². The van der Waals surface area contributed by atoms with Crippen molar-refractivity contribution in [2.45, 2.75) is 23.7 Å². The Labute approximate surface area is 145 Å². The predicted molar refractivity (Wildman–Crippen MR) is 90.5 cm³/mol. The highest BCUT2D eigenvalue weighted by Gasteiger charge is 2.32. The molecular formula is C18H18FNO4S. The molecule has 0 aliphatic carbocycles. The van der Waals surface area contributed by atoms with Gasteiger partial charge in [-0.1, -0.05) is 24.3 Å². The molecule has 0 amide bonds. The molecular weight excluding hydrogens is 345 g/mol. The summed E-state index contributed by atoms with van der Waals surface area (Å²) in [6.07, 6.45) is 1.47. The van der Waals surface area contributed by atoms with Crippen molar-refractivity contribution in [2.24, 2.45) is 0 Å². The van der Waals surface area contributed by atoms with E-state index in [9.17, 15) is 17.6 Å². The second kappa shape index (κ2) is 6.93. The van der Waals surface area contributed by atoms with Crippen molar-refractivity contribution in [2.75, 3.05) is 13.1 Å². The average molecular weight is 363 g/mol. The van der Waals surface area contributed by atoms with Crippen LogP contribution in [0, 0.1) is 5.82 Å². The van der Waals surface area contributed by atoms with Gasteiger partial charge in [0.05, 0.1) is 5.56 Å². The summed E-state index contributed by atoms with van der Waals surface area (Å²) in [5.74, 6) is -1.80. The minimum Gasteiger partial charge on any atom is -0.478 e. The maximum absolute atomic E-state index is 13.9. The zero-order valence-electron chi connectivity index (χ0n) is 13.4. The van der Waals surface area contributed by atoms with Gasteiger partial charge in [0.25, 0.3) is 0 Å². The number of aromatic carboxylic acids is 1. The number of nitrogens with zero attached hydrogens (tertiary/aromatic N) is 1. The number of hydrogen-bond donors (Lipinski definition) is 1. The van der Waals surface area contributed by atoms with E-state index >= 15 is 0 Å². The number of benzene rings is 2. The molecule has 0 spiro atoms. The summed E-state index contributed by atoms with van der Waals surface area (Å²) < 4.78 is 40.7. The molecule has 3 rings (SSSR count). The molecule has 2 aromatic rings. The summed E-state index contributed by atoms with van der Waals surface area (Å²) in [5.41, 5.74) is 1.08. The maximum Gasteiger partial charge on any atom is 0.335 e. The van der Waals surface area contributed by atoms with Crippen LogP contribution in [0.5, 0.6) is 0 Å². The number of piperidine rings is 1. The third kappa shape index (κ3) is 3.57. The molecule has 0 bridgehead atoms. The summed E-state index contributed by atoms with van der Waals surface area (Å²) in [4.78, 5) is 10.6. The summed E-state index contributed by atoms with van der Waals surface area (Å²) in [6.45, 7) is 0.601. The van der Waals surface area contributed by atoms with Crippen molar-refractivity contribution in [3.8, 4) is 0 Å². The molecule has 0 saturated carbocycles. The Kier molecular flexibility index (Phi) is 4.87. The summed E-state index contributed by atoms with van der Waals surface area (Å²) >= 11 is 0. The van der Waals surface area contributed by atoms with Crippen LogP contribution in [0.3, 0.4) is 0 Å². The highest BCUT2D eigenvalue weighted by Crippen LogP contribution is 2.31. The molecule has 1 aliphatic rings. The molecule has 7 heteroatoms. The third-order valence-electron chi connectivity index (χ3n) is 4.47. The lowest BCUT2D eigenvalue weighted by molar-refractivity contribution is 0.0697. The molecule has 2 aromatic carbocycles. The summed E-state index contributed by atoms with van der Waals surface area (Å²) in [7, 11) is -3.89. The van der Waals surface area contributed by atoms with Crippen molar-refractivity contribution in [1.29, 1.82) is 0 Å². The first-order valence-electron chi connectivity index (χ1n) is 7.97. The lowest BCUT2D eigenvalue weighted by Crippen LogP contribution is -2.39. The van der Waals surface area contributed by atoms with Crippen LogP contribution in [0.15, 0.2) is 53.4 Å². The van der Waals surface area contributed by atoms with Gasteiger partial charge >= 0.3 is 5.97 Å². The van der Waals surface area contributed by atoms with Gasteiger partial charge in [0, 0.05) is 13.1 Å². The summed E-state index contributed by atoms with van der Waals surface area (Å²) in [5, 5.41) is 8.96. The molecule has 1 N–H and O–H groups in total. The quantitative estimate of drug-likeness (QED) is 0.906. The van der Waals surface area contributed by atoms with Crippen LogP contribution in [0.1, 0.15) is 34.7 Å². The molecule has 1 aliphatic heterocycles. The highest BCUT2D eigenvalue weighted by molar-refractivity contribution is 7.89. The molecule has 1 heterocycles. The Morgan fingerprint density at radius 1 is 1.12 bits per heavy atom. The third-order valence-corrected chi connectivity index (χ3v) is 6.37. The zero-order chi connectivity index (χ0) is 18.0. The van der Waals surface area contributed by atoms with Crippen molar-refractivity contribution in [1.82, 2.24) is 4.31 Å². The van der Waals surface area contributed by atoms with E-state index in [0.29, 0.717) is 13.0 Å². The van der Waals surface area contributed by atoms with Gasteiger partial charge in [0.2, 0.25) is 10.0 Å². The van der Waals surface area contributed by atoms with E-state index in [1.807, 2.05) is 0 Å². The number of hydrogen-bond acceptors (Lipinski definition) is 3. The normalized spacial score (nSPS) is 18.8. The number of carboxylic acid groups (broad SMARTS) is 1. The first kappa shape index (κ1) is 17.6. The van der Waals surface area contributed by atoms with Gasteiger partial charge in [-0.3, -0.25) is 0 Å². The SMILES string of the molecule is O=C(O)c1ccc(C2CCCN(S(=O)(=O)c3ccccc3F)C2)cc1. The fourth-order valence-corrected chi connectivity index (χ4v) is 4.71. The van der Waals surface area contributed by atoms with Crippen LogP contribution >= 0.6 is 0 Å². The Morgan fingerprint density at radius 2 is 1.80 bits per heavy atom.